The molecule has 0 aliphatic carbocycles. The van der Waals surface area contributed by atoms with Crippen LogP contribution in [0.1, 0.15) is 0 Å². The molecule has 6 aromatic carbocycles. The molecule has 244 valence electrons. The largest absolute Gasteiger partial charge is 0.309 e. The van der Waals surface area contributed by atoms with Crippen LogP contribution in [0.15, 0.2) is 170 Å². The highest BCUT2D eigenvalue weighted by atomic mass is 15.0. The third kappa shape index (κ3) is 4.55. The fourth-order valence-electron chi connectivity index (χ4n) is 7.87. The van der Waals surface area contributed by atoms with Gasteiger partial charge in [-0.1, -0.05) is 141 Å². The highest BCUT2D eigenvalue weighted by molar-refractivity contribution is 6.19. The predicted molar refractivity (Wildman–Crippen MR) is 218 cm³/mol. The lowest BCUT2D eigenvalue weighted by molar-refractivity contribution is 1.16. The molecule has 0 saturated heterocycles. The van der Waals surface area contributed by atoms with Crippen LogP contribution in [0.3, 0.4) is 0 Å². The normalized spacial score (nSPS) is 12.1. The standard InChI is InChI=1S/C48H32N4/c1-3-15-37-31(2)45-29-34-20-10-12-24-42(34)52(45)44-27-26-39-38-23-11-13-25-43(38)51(47(39)46(37)44)36-22-14-21-35(28-36)48-49-40(32-16-6-4-7-17-32)30-41(50-48)33-18-8-5-9-19-33/h3-30H,1-2H2/b37-15+. The number of para-hydroxylation sites is 2. The van der Waals surface area contributed by atoms with Gasteiger partial charge in [-0.25, -0.2) is 9.97 Å². The fourth-order valence-corrected chi connectivity index (χ4v) is 7.87. The van der Waals surface area contributed by atoms with Gasteiger partial charge in [0.05, 0.1) is 39.0 Å². The maximum Gasteiger partial charge on any atom is 0.160 e. The molecule has 10 rings (SSSR count). The molecule has 52 heavy (non-hydrogen) atoms. The molecule has 4 heteroatoms. The van der Waals surface area contributed by atoms with Crippen molar-refractivity contribution in [2.24, 2.45) is 0 Å². The van der Waals surface area contributed by atoms with Crippen molar-refractivity contribution >= 4 is 61.8 Å². The number of hydrogen-bond acceptors (Lipinski definition) is 2. The van der Waals surface area contributed by atoms with Gasteiger partial charge in [0.15, 0.2) is 5.82 Å². The minimum absolute atomic E-state index is 0.675. The number of allylic oxidation sites excluding steroid dienone is 1. The maximum atomic E-state index is 5.16. The van der Waals surface area contributed by atoms with E-state index in [1.165, 1.54) is 16.2 Å². The number of pyridine rings is 1. The van der Waals surface area contributed by atoms with Crippen LogP contribution < -0.4 is 10.4 Å². The van der Waals surface area contributed by atoms with Crippen LogP contribution in [0.5, 0.6) is 0 Å². The molecule has 0 N–H and O–H groups in total. The van der Waals surface area contributed by atoms with E-state index in [2.05, 4.69) is 150 Å². The van der Waals surface area contributed by atoms with Gasteiger partial charge in [-0.05, 0) is 52.9 Å². The molecule has 0 atom stereocenters. The third-order valence-corrected chi connectivity index (χ3v) is 10.2. The summed E-state index contributed by atoms with van der Waals surface area (Å²) in [6.07, 6.45) is 3.98. The van der Waals surface area contributed by atoms with Gasteiger partial charge in [-0.3, -0.25) is 0 Å². The molecule has 4 heterocycles. The van der Waals surface area contributed by atoms with E-state index in [0.717, 1.165) is 77.2 Å². The maximum absolute atomic E-state index is 5.16. The summed E-state index contributed by atoms with van der Waals surface area (Å²) < 4.78 is 4.76. The summed E-state index contributed by atoms with van der Waals surface area (Å²) in [4.78, 5) is 10.3. The minimum Gasteiger partial charge on any atom is -0.309 e. The molecular weight excluding hydrogens is 633 g/mol. The van der Waals surface area contributed by atoms with E-state index < -0.39 is 0 Å². The summed E-state index contributed by atoms with van der Waals surface area (Å²) in [6.45, 7) is 8.79. The van der Waals surface area contributed by atoms with Crippen LogP contribution in [0.2, 0.25) is 0 Å². The molecule has 0 unspecified atom stereocenters. The Morgan fingerprint density at radius 3 is 1.90 bits per heavy atom. The Hall–Kier alpha value is -7.04. The molecule has 4 aromatic heterocycles. The molecule has 0 bridgehead atoms. The van der Waals surface area contributed by atoms with Crippen molar-refractivity contribution in [3.63, 3.8) is 0 Å². The van der Waals surface area contributed by atoms with Crippen molar-refractivity contribution in [3.05, 3.63) is 181 Å². The van der Waals surface area contributed by atoms with Gasteiger partial charge in [0, 0.05) is 43.9 Å². The summed E-state index contributed by atoms with van der Waals surface area (Å²) in [6, 6.07) is 55.3. The topological polar surface area (TPSA) is 35.1 Å². The first-order chi connectivity index (χ1) is 25.7. The number of hydrogen-bond donors (Lipinski definition) is 0. The summed E-state index contributed by atoms with van der Waals surface area (Å²) >= 11 is 0. The van der Waals surface area contributed by atoms with Crippen molar-refractivity contribution in [1.29, 1.82) is 0 Å². The van der Waals surface area contributed by atoms with E-state index in [1.807, 2.05) is 42.5 Å². The molecule has 0 spiro atoms. The number of benzene rings is 6. The summed E-state index contributed by atoms with van der Waals surface area (Å²) in [5.74, 6) is 0.675. The van der Waals surface area contributed by atoms with Crippen LogP contribution in [-0.2, 0) is 0 Å². The van der Waals surface area contributed by atoms with Crippen molar-refractivity contribution in [2.75, 3.05) is 0 Å². The van der Waals surface area contributed by atoms with Crippen LogP contribution in [0.25, 0.3) is 101 Å². The highest BCUT2D eigenvalue weighted by Gasteiger charge is 2.19. The first-order valence-corrected chi connectivity index (χ1v) is 17.5. The quantitative estimate of drug-likeness (QED) is 0.184. The average molecular weight is 665 g/mol. The molecule has 10 aromatic rings. The lowest BCUT2D eigenvalue weighted by Crippen LogP contribution is -2.27. The first kappa shape index (κ1) is 29.8. The number of fused-ring (bicyclic) bond motifs is 9. The highest BCUT2D eigenvalue weighted by Crippen LogP contribution is 2.37. The van der Waals surface area contributed by atoms with Crippen molar-refractivity contribution in [1.82, 2.24) is 18.9 Å². The monoisotopic (exact) mass is 664 g/mol. The van der Waals surface area contributed by atoms with E-state index in [-0.39, 0.29) is 0 Å². The molecular formula is C48H32N4. The Labute approximate surface area is 300 Å². The number of aromatic nitrogens is 4. The predicted octanol–water partition coefficient (Wildman–Crippen LogP) is 10.5. The molecule has 0 saturated carbocycles. The number of rotatable bonds is 5. The Balaban J connectivity index is 1.30. The van der Waals surface area contributed by atoms with Crippen molar-refractivity contribution in [2.45, 2.75) is 0 Å². The van der Waals surface area contributed by atoms with Gasteiger partial charge in [-0.15, -0.1) is 0 Å². The fraction of sp³-hybridized carbons (Fsp3) is 0. The van der Waals surface area contributed by atoms with Gasteiger partial charge in [0.25, 0.3) is 0 Å². The first-order valence-electron chi connectivity index (χ1n) is 17.5. The van der Waals surface area contributed by atoms with Gasteiger partial charge >= 0.3 is 0 Å². The third-order valence-electron chi connectivity index (χ3n) is 10.2. The Morgan fingerprint density at radius 2 is 1.17 bits per heavy atom. The van der Waals surface area contributed by atoms with E-state index in [0.29, 0.717) is 5.82 Å². The van der Waals surface area contributed by atoms with E-state index in [1.54, 1.807) is 0 Å². The van der Waals surface area contributed by atoms with Crippen molar-refractivity contribution in [3.8, 4) is 39.6 Å². The van der Waals surface area contributed by atoms with Crippen LogP contribution in [-0.4, -0.2) is 18.9 Å². The summed E-state index contributed by atoms with van der Waals surface area (Å²) in [5, 5.41) is 6.72. The lowest BCUT2D eigenvalue weighted by Gasteiger charge is -2.14. The van der Waals surface area contributed by atoms with Gasteiger partial charge in [0.1, 0.15) is 0 Å². The number of nitrogens with zero attached hydrogens (tertiary/aromatic N) is 4. The Bertz CT molecular complexity index is 3090. The summed E-state index contributed by atoms with van der Waals surface area (Å²) in [7, 11) is 0. The lowest BCUT2D eigenvalue weighted by atomic mass is 10.0. The molecule has 0 radical (unpaired) electrons. The van der Waals surface area contributed by atoms with E-state index in [9.17, 15) is 0 Å². The summed E-state index contributed by atoms with van der Waals surface area (Å²) in [5.41, 5.74) is 11.4. The van der Waals surface area contributed by atoms with Crippen LogP contribution >= 0.6 is 0 Å². The minimum atomic E-state index is 0.675. The van der Waals surface area contributed by atoms with Crippen LogP contribution in [0.4, 0.5) is 0 Å². The van der Waals surface area contributed by atoms with Gasteiger partial charge in [-0.2, -0.15) is 0 Å². The zero-order chi connectivity index (χ0) is 34.8. The zero-order valence-electron chi connectivity index (χ0n) is 28.4. The van der Waals surface area contributed by atoms with Crippen molar-refractivity contribution < 1.29 is 0 Å². The molecule has 0 amide bonds. The van der Waals surface area contributed by atoms with Crippen LogP contribution in [0, 0.1) is 0 Å². The second-order valence-electron chi connectivity index (χ2n) is 13.2. The zero-order valence-corrected chi connectivity index (χ0v) is 28.4. The SMILES string of the molecule is C=C/C=c1\c(=C)c2cc3ccccc3n2c2ccc3c4ccccc4n(-c4cccc(-c5nc(-c6ccccc6)cc(-c6ccccc6)n5)c4)c3c12. The Morgan fingerprint density at radius 1 is 0.519 bits per heavy atom. The Kier molecular flexibility index (Phi) is 6.76. The van der Waals surface area contributed by atoms with Gasteiger partial charge < -0.3 is 8.97 Å². The molecule has 0 aliphatic rings. The van der Waals surface area contributed by atoms with Gasteiger partial charge in [0.2, 0.25) is 0 Å². The molecule has 0 fully saturated rings. The van der Waals surface area contributed by atoms with E-state index in [4.69, 9.17) is 9.97 Å². The van der Waals surface area contributed by atoms with E-state index >= 15 is 0 Å². The second kappa shape index (κ2) is 11.8. The molecule has 0 aliphatic heterocycles. The molecule has 4 nitrogen and oxygen atoms in total. The second-order valence-corrected chi connectivity index (χ2v) is 13.2. The smallest absolute Gasteiger partial charge is 0.160 e. The average Bonchev–Trinajstić information content (AvgIpc) is 3.77.